The quantitative estimate of drug-likeness (QED) is 0.582. The van der Waals surface area contributed by atoms with Gasteiger partial charge in [0.1, 0.15) is 5.75 Å². The van der Waals surface area contributed by atoms with Gasteiger partial charge in [0.05, 0.1) is 6.20 Å². The summed E-state index contributed by atoms with van der Waals surface area (Å²) in [5, 5.41) is 7.74. The first-order chi connectivity index (χ1) is 12.7. The molecule has 0 aliphatic heterocycles. The van der Waals surface area contributed by atoms with Gasteiger partial charge < -0.3 is 10.1 Å². The number of benzene rings is 1. The molecular weight excluding hydrogens is 357 g/mol. The third-order valence-electron chi connectivity index (χ3n) is 3.47. The van der Waals surface area contributed by atoms with Crippen LogP contribution in [0.4, 0.5) is 9.52 Å². The van der Waals surface area contributed by atoms with E-state index in [4.69, 9.17) is 4.74 Å². The number of anilines is 1. The predicted molar refractivity (Wildman–Crippen MR) is 95.2 cm³/mol. The SMILES string of the molecule is O=c1ccnc2sc(NCc3ccc(Oc4cccnc4)c(F)c3)nn12. The number of rotatable bonds is 5. The third-order valence-corrected chi connectivity index (χ3v) is 4.35. The number of hydrogen-bond acceptors (Lipinski definition) is 7. The van der Waals surface area contributed by atoms with Crippen molar-refractivity contribution in [2.75, 3.05) is 5.32 Å². The lowest BCUT2D eigenvalue weighted by Crippen LogP contribution is -2.12. The van der Waals surface area contributed by atoms with Crippen molar-refractivity contribution in [1.29, 1.82) is 0 Å². The fourth-order valence-corrected chi connectivity index (χ4v) is 3.03. The molecule has 1 aromatic carbocycles. The van der Waals surface area contributed by atoms with Gasteiger partial charge in [0.25, 0.3) is 5.56 Å². The summed E-state index contributed by atoms with van der Waals surface area (Å²) >= 11 is 1.24. The molecule has 3 heterocycles. The number of nitrogens with zero attached hydrogens (tertiary/aromatic N) is 4. The average Bonchev–Trinajstić information content (AvgIpc) is 3.08. The van der Waals surface area contributed by atoms with E-state index >= 15 is 0 Å². The van der Waals surface area contributed by atoms with Crippen LogP contribution in [-0.4, -0.2) is 19.6 Å². The Morgan fingerprint density at radius 1 is 1.23 bits per heavy atom. The highest BCUT2D eigenvalue weighted by Crippen LogP contribution is 2.25. The first kappa shape index (κ1) is 16.2. The molecule has 9 heteroatoms. The minimum Gasteiger partial charge on any atom is -0.453 e. The Balaban J connectivity index is 1.47. The van der Waals surface area contributed by atoms with E-state index in [0.717, 1.165) is 0 Å². The summed E-state index contributed by atoms with van der Waals surface area (Å²) in [4.78, 5) is 20.2. The topological polar surface area (TPSA) is 81.4 Å². The largest absolute Gasteiger partial charge is 0.453 e. The van der Waals surface area contributed by atoms with Crippen molar-refractivity contribution in [3.05, 3.63) is 76.7 Å². The van der Waals surface area contributed by atoms with Crippen molar-refractivity contribution < 1.29 is 9.13 Å². The van der Waals surface area contributed by atoms with Gasteiger partial charge in [0, 0.05) is 25.0 Å². The summed E-state index contributed by atoms with van der Waals surface area (Å²) in [6, 6.07) is 9.45. The lowest BCUT2D eigenvalue weighted by Gasteiger charge is -2.08. The summed E-state index contributed by atoms with van der Waals surface area (Å²) in [5.41, 5.74) is 0.461. The van der Waals surface area contributed by atoms with Gasteiger partial charge in [-0.1, -0.05) is 17.4 Å². The Bertz CT molecular complexity index is 1110. The highest BCUT2D eigenvalue weighted by atomic mass is 32.1. The second-order valence-electron chi connectivity index (χ2n) is 5.29. The van der Waals surface area contributed by atoms with Crippen molar-refractivity contribution in [2.45, 2.75) is 6.54 Å². The molecule has 26 heavy (non-hydrogen) atoms. The van der Waals surface area contributed by atoms with Crippen LogP contribution in [0.25, 0.3) is 4.96 Å². The number of aromatic nitrogens is 4. The van der Waals surface area contributed by atoms with Crippen LogP contribution in [0.15, 0.2) is 59.8 Å². The molecule has 4 rings (SSSR count). The van der Waals surface area contributed by atoms with E-state index in [1.54, 1.807) is 30.5 Å². The molecule has 4 aromatic rings. The zero-order valence-corrected chi connectivity index (χ0v) is 14.1. The van der Waals surface area contributed by atoms with Crippen LogP contribution in [0.1, 0.15) is 5.56 Å². The van der Waals surface area contributed by atoms with E-state index in [0.29, 0.717) is 28.0 Å². The molecule has 0 fully saturated rings. The molecule has 0 unspecified atom stereocenters. The summed E-state index contributed by atoms with van der Waals surface area (Å²) in [6.45, 7) is 0.346. The molecule has 0 spiro atoms. The van der Waals surface area contributed by atoms with Gasteiger partial charge >= 0.3 is 0 Å². The van der Waals surface area contributed by atoms with E-state index in [-0.39, 0.29) is 11.3 Å². The number of hydrogen-bond donors (Lipinski definition) is 1. The fraction of sp³-hybridized carbons (Fsp3) is 0.0588. The monoisotopic (exact) mass is 369 g/mol. The molecule has 0 radical (unpaired) electrons. The molecule has 0 aliphatic rings. The summed E-state index contributed by atoms with van der Waals surface area (Å²) in [5.74, 6) is 0.109. The molecule has 0 amide bonds. The number of pyridine rings is 1. The molecule has 7 nitrogen and oxygen atoms in total. The molecule has 0 atom stereocenters. The molecular formula is C17H12FN5O2S. The minimum absolute atomic E-state index is 0.123. The zero-order valence-electron chi connectivity index (χ0n) is 13.3. The molecule has 0 bridgehead atoms. The van der Waals surface area contributed by atoms with Gasteiger partial charge in [-0.3, -0.25) is 9.78 Å². The Labute approximate surface area is 150 Å². The van der Waals surface area contributed by atoms with E-state index in [1.165, 1.54) is 40.4 Å². The molecule has 0 saturated carbocycles. The van der Waals surface area contributed by atoms with Gasteiger partial charge in [-0.2, -0.15) is 4.52 Å². The van der Waals surface area contributed by atoms with Gasteiger partial charge in [0.2, 0.25) is 10.1 Å². The van der Waals surface area contributed by atoms with E-state index in [1.807, 2.05) is 0 Å². The second-order valence-corrected chi connectivity index (χ2v) is 6.25. The highest BCUT2D eigenvalue weighted by molar-refractivity contribution is 7.20. The lowest BCUT2D eigenvalue weighted by atomic mass is 10.2. The molecule has 0 aliphatic carbocycles. The van der Waals surface area contributed by atoms with Crippen LogP contribution in [-0.2, 0) is 6.54 Å². The van der Waals surface area contributed by atoms with Gasteiger partial charge in [-0.25, -0.2) is 9.37 Å². The maximum atomic E-state index is 14.2. The maximum absolute atomic E-state index is 14.2. The third kappa shape index (κ3) is 3.38. The van der Waals surface area contributed by atoms with Crippen LogP contribution in [0.2, 0.25) is 0 Å². The number of nitrogens with one attached hydrogen (secondary N) is 1. The fourth-order valence-electron chi connectivity index (χ4n) is 2.26. The predicted octanol–water partition coefficient (Wildman–Crippen LogP) is 3.09. The van der Waals surface area contributed by atoms with Crippen molar-refractivity contribution >= 4 is 21.4 Å². The van der Waals surface area contributed by atoms with Crippen molar-refractivity contribution in [2.24, 2.45) is 0 Å². The Hall–Kier alpha value is -3.33. The highest BCUT2D eigenvalue weighted by Gasteiger charge is 2.08. The summed E-state index contributed by atoms with van der Waals surface area (Å²) in [6.07, 6.45) is 4.57. The van der Waals surface area contributed by atoms with Crippen LogP contribution in [0, 0.1) is 5.82 Å². The number of fused-ring (bicyclic) bond motifs is 1. The van der Waals surface area contributed by atoms with Crippen molar-refractivity contribution in [1.82, 2.24) is 19.6 Å². The van der Waals surface area contributed by atoms with E-state index in [2.05, 4.69) is 20.4 Å². The molecule has 130 valence electrons. The second kappa shape index (κ2) is 6.89. The minimum atomic E-state index is -0.477. The molecule has 1 N–H and O–H groups in total. The molecule has 0 saturated heterocycles. The number of ether oxygens (including phenoxy) is 1. The van der Waals surface area contributed by atoms with Crippen LogP contribution in [0.5, 0.6) is 11.5 Å². The van der Waals surface area contributed by atoms with Crippen molar-refractivity contribution in [3.8, 4) is 11.5 Å². The normalized spacial score (nSPS) is 10.8. The smallest absolute Gasteiger partial charge is 0.275 e. The van der Waals surface area contributed by atoms with Gasteiger partial charge in [0.15, 0.2) is 11.6 Å². The zero-order chi connectivity index (χ0) is 17.9. The Kier molecular flexibility index (Phi) is 4.28. The van der Waals surface area contributed by atoms with Crippen molar-refractivity contribution in [3.63, 3.8) is 0 Å². The first-order valence-electron chi connectivity index (χ1n) is 7.64. The molecule has 3 aromatic heterocycles. The van der Waals surface area contributed by atoms with E-state index in [9.17, 15) is 9.18 Å². The first-order valence-corrected chi connectivity index (χ1v) is 8.46. The summed E-state index contributed by atoms with van der Waals surface area (Å²) in [7, 11) is 0. The number of halogens is 1. The van der Waals surface area contributed by atoms with Gasteiger partial charge in [-0.05, 0) is 29.8 Å². The van der Waals surface area contributed by atoms with Crippen LogP contribution in [0.3, 0.4) is 0 Å². The lowest BCUT2D eigenvalue weighted by molar-refractivity contribution is 0.440. The Morgan fingerprint density at radius 2 is 2.15 bits per heavy atom. The summed E-state index contributed by atoms with van der Waals surface area (Å²) < 4.78 is 20.9. The Morgan fingerprint density at radius 3 is 2.92 bits per heavy atom. The maximum Gasteiger partial charge on any atom is 0.275 e. The average molecular weight is 369 g/mol. The van der Waals surface area contributed by atoms with Crippen LogP contribution >= 0.6 is 11.3 Å². The van der Waals surface area contributed by atoms with E-state index < -0.39 is 5.82 Å². The van der Waals surface area contributed by atoms with Crippen LogP contribution < -0.4 is 15.6 Å². The van der Waals surface area contributed by atoms with Gasteiger partial charge in [-0.15, -0.1) is 5.10 Å². The standard InChI is InChI=1S/C17H12FN5O2S/c18-13-8-11(3-4-14(13)25-12-2-1-6-19-10-12)9-21-16-22-23-15(24)5-7-20-17(23)26-16/h1-8,10H,9H2,(H,21,22).